The summed E-state index contributed by atoms with van der Waals surface area (Å²) in [6, 6.07) is 0.342. The second-order valence-corrected chi connectivity index (χ2v) is 4.08. The second-order valence-electron chi connectivity index (χ2n) is 4.08. The molecule has 0 bridgehead atoms. The molecule has 1 amide bonds. The highest BCUT2D eigenvalue weighted by molar-refractivity contribution is 5.81. The van der Waals surface area contributed by atoms with Crippen LogP contribution in [0.3, 0.4) is 0 Å². The molecule has 3 N–H and O–H groups in total. The third-order valence-corrected chi connectivity index (χ3v) is 3.29. The summed E-state index contributed by atoms with van der Waals surface area (Å²) in [5, 5.41) is 11.8. The second kappa shape index (κ2) is 3.64. The monoisotopic (exact) mass is 184 g/mol. The van der Waals surface area contributed by atoms with Crippen LogP contribution >= 0.6 is 0 Å². The Morgan fingerprint density at radius 1 is 1.38 bits per heavy atom. The Labute approximate surface area is 77.7 Å². The molecule has 1 aliphatic heterocycles. The van der Waals surface area contributed by atoms with Crippen LogP contribution in [-0.4, -0.2) is 23.2 Å². The van der Waals surface area contributed by atoms with Crippen molar-refractivity contribution in [3.8, 4) is 0 Å². The van der Waals surface area contributed by atoms with Gasteiger partial charge in [-0.1, -0.05) is 12.8 Å². The van der Waals surface area contributed by atoms with Gasteiger partial charge in [-0.2, -0.15) is 0 Å². The minimum Gasteiger partial charge on any atom is -0.303 e. The third-order valence-electron chi connectivity index (χ3n) is 3.29. The summed E-state index contributed by atoms with van der Waals surface area (Å²) in [7, 11) is 0. The molecule has 1 saturated carbocycles. The average molecular weight is 184 g/mol. The van der Waals surface area contributed by atoms with Crippen molar-refractivity contribution in [2.45, 2.75) is 44.2 Å². The molecule has 2 fully saturated rings. The van der Waals surface area contributed by atoms with Gasteiger partial charge >= 0.3 is 0 Å². The molecule has 0 spiro atoms. The summed E-state index contributed by atoms with van der Waals surface area (Å²) in [5.41, 5.74) is 1.72. The van der Waals surface area contributed by atoms with E-state index in [2.05, 4.69) is 5.32 Å². The van der Waals surface area contributed by atoms with Gasteiger partial charge in [0.1, 0.15) is 0 Å². The smallest absolute Gasteiger partial charge is 0.260 e. The molecule has 2 rings (SSSR count). The quantitative estimate of drug-likeness (QED) is 0.408. The number of amides is 1. The largest absolute Gasteiger partial charge is 0.303 e. The predicted octanol–water partition coefficient (Wildman–Crippen LogP) is 0.412. The van der Waals surface area contributed by atoms with Crippen LogP contribution in [-0.2, 0) is 4.79 Å². The Kier molecular flexibility index (Phi) is 2.51. The Hall–Kier alpha value is -0.610. The fourth-order valence-corrected chi connectivity index (χ4v) is 2.60. The number of fused-ring (bicyclic) bond motifs is 1. The van der Waals surface area contributed by atoms with Gasteiger partial charge < -0.3 is 5.32 Å². The summed E-state index contributed by atoms with van der Waals surface area (Å²) in [5.74, 6) is 0.366. The molecular weight excluding hydrogens is 168 g/mol. The fraction of sp³-hybridized carbons (Fsp3) is 0.889. The standard InChI is InChI=1S/C9H16N2O2/c12-9(11-13)8-5-6-3-1-2-4-7(6)10-8/h6-8,10,13H,1-5H2,(H,11,12). The number of hydrogen-bond donors (Lipinski definition) is 3. The molecule has 0 radical (unpaired) electrons. The first-order chi connectivity index (χ1) is 6.31. The Bertz CT molecular complexity index is 194. The molecule has 13 heavy (non-hydrogen) atoms. The number of hydrogen-bond acceptors (Lipinski definition) is 3. The van der Waals surface area contributed by atoms with E-state index in [1.54, 1.807) is 5.48 Å². The maximum Gasteiger partial charge on any atom is 0.260 e. The van der Waals surface area contributed by atoms with E-state index >= 15 is 0 Å². The SMILES string of the molecule is O=C(NO)C1CC2CCCCC2N1. The van der Waals surface area contributed by atoms with E-state index in [9.17, 15) is 4.79 Å². The van der Waals surface area contributed by atoms with Crippen LogP contribution in [0.25, 0.3) is 0 Å². The zero-order valence-electron chi connectivity index (χ0n) is 7.62. The number of carbonyl (C=O) groups is 1. The van der Waals surface area contributed by atoms with E-state index in [4.69, 9.17) is 5.21 Å². The molecule has 1 aliphatic carbocycles. The van der Waals surface area contributed by atoms with Crippen molar-refractivity contribution in [3.63, 3.8) is 0 Å². The Morgan fingerprint density at radius 3 is 2.85 bits per heavy atom. The zero-order valence-corrected chi connectivity index (χ0v) is 7.62. The van der Waals surface area contributed by atoms with Crippen molar-refractivity contribution in [2.75, 3.05) is 0 Å². The first-order valence-corrected chi connectivity index (χ1v) is 5.01. The van der Waals surface area contributed by atoms with Crippen molar-refractivity contribution in [3.05, 3.63) is 0 Å². The van der Waals surface area contributed by atoms with Crippen molar-refractivity contribution in [1.82, 2.24) is 10.8 Å². The van der Waals surface area contributed by atoms with Crippen molar-refractivity contribution >= 4 is 5.91 Å². The van der Waals surface area contributed by atoms with Crippen molar-refractivity contribution in [1.29, 1.82) is 0 Å². The van der Waals surface area contributed by atoms with Gasteiger partial charge in [-0.3, -0.25) is 10.0 Å². The molecular formula is C9H16N2O2. The van der Waals surface area contributed by atoms with Gasteiger partial charge in [-0.15, -0.1) is 0 Å². The first kappa shape index (κ1) is 8.97. The molecule has 1 heterocycles. The average Bonchev–Trinajstić information content (AvgIpc) is 2.59. The van der Waals surface area contributed by atoms with E-state index < -0.39 is 0 Å². The highest BCUT2D eigenvalue weighted by Crippen LogP contribution is 2.32. The number of carbonyl (C=O) groups excluding carboxylic acids is 1. The van der Waals surface area contributed by atoms with Gasteiger partial charge in [0.2, 0.25) is 0 Å². The van der Waals surface area contributed by atoms with E-state index in [0.717, 1.165) is 6.42 Å². The van der Waals surface area contributed by atoms with E-state index in [1.165, 1.54) is 25.7 Å². The molecule has 0 aromatic heterocycles. The van der Waals surface area contributed by atoms with E-state index in [0.29, 0.717) is 12.0 Å². The summed E-state index contributed by atoms with van der Waals surface area (Å²) in [4.78, 5) is 11.1. The molecule has 74 valence electrons. The van der Waals surface area contributed by atoms with E-state index in [-0.39, 0.29) is 11.9 Å². The van der Waals surface area contributed by atoms with Crippen LogP contribution in [0.1, 0.15) is 32.1 Å². The molecule has 0 aromatic carbocycles. The van der Waals surface area contributed by atoms with Gasteiger partial charge in [-0.25, -0.2) is 5.48 Å². The maximum atomic E-state index is 11.1. The molecule has 4 nitrogen and oxygen atoms in total. The maximum absolute atomic E-state index is 11.1. The van der Waals surface area contributed by atoms with Crippen molar-refractivity contribution < 1.29 is 10.0 Å². The van der Waals surface area contributed by atoms with Gasteiger partial charge in [0.15, 0.2) is 0 Å². The molecule has 0 aromatic rings. The number of rotatable bonds is 1. The fourth-order valence-electron chi connectivity index (χ4n) is 2.60. The van der Waals surface area contributed by atoms with Crippen LogP contribution in [0.2, 0.25) is 0 Å². The first-order valence-electron chi connectivity index (χ1n) is 5.01. The lowest BCUT2D eigenvalue weighted by Crippen LogP contribution is -2.42. The van der Waals surface area contributed by atoms with Gasteiger partial charge in [0.05, 0.1) is 6.04 Å². The molecule has 3 unspecified atom stereocenters. The summed E-state index contributed by atoms with van der Waals surface area (Å²) in [6.45, 7) is 0. The zero-order chi connectivity index (χ0) is 9.26. The van der Waals surface area contributed by atoms with Crippen LogP contribution < -0.4 is 10.8 Å². The highest BCUT2D eigenvalue weighted by atomic mass is 16.5. The third kappa shape index (κ3) is 1.69. The topological polar surface area (TPSA) is 61.4 Å². The highest BCUT2D eigenvalue weighted by Gasteiger charge is 2.37. The Balaban J connectivity index is 1.94. The summed E-state index contributed by atoms with van der Waals surface area (Å²) < 4.78 is 0. The predicted molar refractivity (Wildman–Crippen MR) is 47.2 cm³/mol. The van der Waals surface area contributed by atoms with E-state index in [1.807, 2.05) is 0 Å². The lowest BCUT2D eigenvalue weighted by Gasteiger charge is -2.24. The normalized spacial score (nSPS) is 38.4. The summed E-state index contributed by atoms with van der Waals surface area (Å²) in [6.07, 6.45) is 5.85. The molecule has 2 aliphatic rings. The summed E-state index contributed by atoms with van der Waals surface area (Å²) >= 11 is 0. The number of nitrogens with one attached hydrogen (secondary N) is 2. The van der Waals surface area contributed by atoms with Crippen LogP contribution in [0.15, 0.2) is 0 Å². The lowest BCUT2D eigenvalue weighted by atomic mass is 9.85. The number of hydroxylamine groups is 1. The molecule has 4 heteroatoms. The van der Waals surface area contributed by atoms with Gasteiger partial charge in [-0.05, 0) is 25.2 Å². The van der Waals surface area contributed by atoms with Crippen molar-refractivity contribution in [2.24, 2.45) is 5.92 Å². The van der Waals surface area contributed by atoms with Crippen LogP contribution in [0.4, 0.5) is 0 Å². The van der Waals surface area contributed by atoms with Gasteiger partial charge in [0.25, 0.3) is 5.91 Å². The van der Waals surface area contributed by atoms with Gasteiger partial charge in [0, 0.05) is 6.04 Å². The minimum atomic E-state index is -0.283. The molecule has 1 saturated heterocycles. The van der Waals surface area contributed by atoms with Crippen LogP contribution in [0.5, 0.6) is 0 Å². The van der Waals surface area contributed by atoms with Crippen LogP contribution in [0, 0.1) is 5.92 Å². The minimum absolute atomic E-state index is 0.168. The lowest BCUT2D eigenvalue weighted by molar-refractivity contribution is -0.131. The Morgan fingerprint density at radius 2 is 2.15 bits per heavy atom. The molecule has 3 atom stereocenters.